The zero-order valence-corrected chi connectivity index (χ0v) is 12.8. The van der Waals surface area contributed by atoms with Gasteiger partial charge in [0.05, 0.1) is 5.02 Å². The molecule has 0 spiro atoms. The zero-order chi connectivity index (χ0) is 14.0. The predicted molar refractivity (Wildman–Crippen MR) is 80.2 cm³/mol. The van der Waals surface area contributed by atoms with Crippen molar-refractivity contribution in [3.8, 4) is 5.75 Å². The summed E-state index contributed by atoms with van der Waals surface area (Å²) in [4.78, 5) is 1.90. The molecule has 1 aromatic carbocycles. The monoisotopic (exact) mass is 317 g/mol. The van der Waals surface area contributed by atoms with Gasteiger partial charge in [0.1, 0.15) is 11.9 Å². The van der Waals surface area contributed by atoms with E-state index in [1.165, 1.54) is 0 Å². The van der Waals surface area contributed by atoms with Gasteiger partial charge in [0.2, 0.25) is 5.11 Å². The summed E-state index contributed by atoms with van der Waals surface area (Å²) >= 11 is 17.1. The topological polar surface area (TPSA) is 37.2 Å². The Morgan fingerprint density at radius 3 is 2.89 bits per heavy atom. The second kappa shape index (κ2) is 6.03. The summed E-state index contributed by atoms with van der Waals surface area (Å²) in [5.41, 5.74) is 0. The lowest BCUT2D eigenvalue weighted by Gasteiger charge is -2.27. The van der Waals surface area contributed by atoms with Gasteiger partial charge in [-0.2, -0.15) is 5.11 Å². The maximum atomic E-state index is 6.07. The number of nitrogens with zero attached hydrogens (tertiary/aromatic N) is 3. The Labute approximate surface area is 127 Å². The Morgan fingerprint density at radius 1 is 1.47 bits per heavy atom. The van der Waals surface area contributed by atoms with Gasteiger partial charge in [-0.1, -0.05) is 23.2 Å². The highest BCUT2D eigenvalue weighted by molar-refractivity contribution is 7.80. The lowest BCUT2D eigenvalue weighted by atomic mass is 10.2. The summed E-state index contributed by atoms with van der Waals surface area (Å²) in [7, 11) is 0. The third-order valence-electron chi connectivity index (χ3n) is 2.79. The van der Waals surface area contributed by atoms with Crippen LogP contribution in [0.3, 0.4) is 0 Å². The van der Waals surface area contributed by atoms with Crippen LogP contribution < -0.4 is 4.74 Å². The van der Waals surface area contributed by atoms with Crippen molar-refractivity contribution in [1.82, 2.24) is 4.90 Å². The van der Waals surface area contributed by atoms with Gasteiger partial charge in [-0.15, -0.1) is 5.11 Å². The van der Waals surface area contributed by atoms with E-state index in [2.05, 4.69) is 10.2 Å². The van der Waals surface area contributed by atoms with E-state index in [-0.39, 0.29) is 12.3 Å². The second-order valence-corrected chi connectivity index (χ2v) is 5.30. The molecule has 0 aromatic heterocycles. The van der Waals surface area contributed by atoms with Crippen LogP contribution in [0.1, 0.15) is 13.8 Å². The smallest absolute Gasteiger partial charge is 0.217 e. The van der Waals surface area contributed by atoms with Crippen molar-refractivity contribution in [3.63, 3.8) is 0 Å². The van der Waals surface area contributed by atoms with Crippen LogP contribution >= 0.6 is 35.4 Å². The Morgan fingerprint density at radius 2 is 2.21 bits per heavy atom. The van der Waals surface area contributed by atoms with E-state index in [0.29, 0.717) is 20.9 Å². The summed E-state index contributed by atoms with van der Waals surface area (Å²) in [5, 5.41) is 9.61. The summed E-state index contributed by atoms with van der Waals surface area (Å²) in [6, 6.07) is 5.09. The fourth-order valence-electron chi connectivity index (χ4n) is 1.84. The van der Waals surface area contributed by atoms with Crippen LogP contribution in [0.4, 0.5) is 0 Å². The van der Waals surface area contributed by atoms with Crippen LogP contribution in [0.25, 0.3) is 0 Å². The minimum Gasteiger partial charge on any atom is -0.485 e. The van der Waals surface area contributed by atoms with Crippen molar-refractivity contribution in [2.75, 3.05) is 6.54 Å². The number of hydrogen-bond donors (Lipinski definition) is 0. The summed E-state index contributed by atoms with van der Waals surface area (Å²) < 4.78 is 5.82. The van der Waals surface area contributed by atoms with E-state index in [1.807, 2.05) is 18.7 Å². The van der Waals surface area contributed by atoms with Crippen LogP contribution in [0.5, 0.6) is 5.75 Å². The second-order valence-electron chi connectivity index (χ2n) is 4.10. The normalized spacial score (nSPS) is 19.9. The fourth-order valence-corrected chi connectivity index (χ4v) is 2.45. The molecule has 19 heavy (non-hydrogen) atoms. The number of likely N-dealkylation sites (N-methyl/N-ethyl adjacent to an activating group) is 1. The summed E-state index contributed by atoms with van der Waals surface area (Å²) in [6.45, 7) is 4.62. The van der Waals surface area contributed by atoms with E-state index >= 15 is 0 Å². The van der Waals surface area contributed by atoms with Gasteiger partial charge in [0, 0.05) is 17.6 Å². The van der Waals surface area contributed by atoms with Gasteiger partial charge in [0.15, 0.2) is 6.17 Å². The van der Waals surface area contributed by atoms with Crippen molar-refractivity contribution >= 4 is 40.5 Å². The van der Waals surface area contributed by atoms with Gasteiger partial charge in [-0.25, -0.2) is 0 Å². The van der Waals surface area contributed by atoms with E-state index in [0.717, 1.165) is 6.54 Å². The quantitative estimate of drug-likeness (QED) is 0.782. The Kier molecular flexibility index (Phi) is 4.60. The molecule has 0 saturated carbocycles. The molecule has 1 aromatic rings. The molecule has 1 aliphatic heterocycles. The van der Waals surface area contributed by atoms with Crippen LogP contribution in [-0.2, 0) is 0 Å². The van der Waals surface area contributed by atoms with E-state index in [9.17, 15) is 0 Å². The molecule has 0 saturated heterocycles. The van der Waals surface area contributed by atoms with Gasteiger partial charge < -0.3 is 9.64 Å². The number of rotatable bonds is 4. The average molecular weight is 318 g/mol. The zero-order valence-electron chi connectivity index (χ0n) is 10.5. The molecule has 0 aliphatic carbocycles. The lowest BCUT2D eigenvalue weighted by Crippen LogP contribution is -2.42. The van der Waals surface area contributed by atoms with Crippen molar-refractivity contribution in [3.05, 3.63) is 28.2 Å². The number of thiocarbonyl (C=S) groups is 1. The first-order valence-corrected chi connectivity index (χ1v) is 7.02. The molecule has 102 valence electrons. The van der Waals surface area contributed by atoms with Crippen LogP contribution in [-0.4, -0.2) is 28.8 Å². The molecular formula is C12H13Cl2N3OS. The van der Waals surface area contributed by atoms with Gasteiger partial charge in [0.25, 0.3) is 0 Å². The van der Waals surface area contributed by atoms with E-state index in [4.69, 9.17) is 40.2 Å². The molecule has 1 heterocycles. The highest BCUT2D eigenvalue weighted by Gasteiger charge is 2.31. The standard InChI is InChI=1S/C12H13Cl2N3OS/c1-3-17-11(15-16-12(17)19)7(2)18-10-6-8(13)4-5-9(10)14/h4-7,11H,3H2,1-2H3. The molecule has 0 amide bonds. The van der Waals surface area contributed by atoms with E-state index < -0.39 is 0 Å². The Bertz CT molecular complexity index is 524. The first-order valence-electron chi connectivity index (χ1n) is 5.86. The molecule has 1 aliphatic rings. The van der Waals surface area contributed by atoms with Gasteiger partial charge in [-0.3, -0.25) is 0 Å². The highest BCUT2D eigenvalue weighted by Crippen LogP contribution is 2.30. The Hall–Kier alpha value is -0.910. The van der Waals surface area contributed by atoms with Crippen molar-refractivity contribution in [1.29, 1.82) is 0 Å². The third kappa shape index (κ3) is 3.16. The molecule has 0 fully saturated rings. The molecule has 2 rings (SSSR count). The van der Waals surface area contributed by atoms with Gasteiger partial charge >= 0.3 is 0 Å². The average Bonchev–Trinajstić information content (AvgIpc) is 2.75. The van der Waals surface area contributed by atoms with Crippen molar-refractivity contribution in [2.45, 2.75) is 26.1 Å². The molecule has 0 radical (unpaired) electrons. The summed E-state index contributed by atoms with van der Waals surface area (Å²) in [6.07, 6.45) is -0.465. The van der Waals surface area contributed by atoms with Crippen molar-refractivity contribution < 1.29 is 4.74 Å². The van der Waals surface area contributed by atoms with E-state index in [1.54, 1.807) is 18.2 Å². The molecule has 0 bridgehead atoms. The molecular weight excluding hydrogens is 305 g/mol. The molecule has 4 nitrogen and oxygen atoms in total. The minimum atomic E-state index is -0.236. The third-order valence-corrected chi connectivity index (χ3v) is 3.66. The number of halogens is 2. The van der Waals surface area contributed by atoms with Crippen LogP contribution in [0.2, 0.25) is 10.0 Å². The fraction of sp³-hybridized carbons (Fsp3) is 0.417. The van der Waals surface area contributed by atoms with Crippen LogP contribution in [0.15, 0.2) is 28.4 Å². The van der Waals surface area contributed by atoms with Gasteiger partial charge in [-0.05, 0) is 38.2 Å². The SMILES string of the molecule is CCN1C(=S)N=NC1C(C)Oc1cc(Cl)ccc1Cl. The van der Waals surface area contributed by atoms with Crippen molar-refractivity contribution in [2.24, 2.45) is 10.2 Å². The molecule has 2 unspecified atom stereocenters. The summed E-state index contributed by atoms with van der Waals surface area (Å²) in [5.74, 6) is 0.533. The number of benzene rings is 1. The first-order chi connectivity index (χ1) is 9.02. The number of ether oxygens (including phenoxy) is 1. The minimum absolute atomic E-state index is 0.229. The number of hydrogen-bond acceptors (Lipinski definition) is 3. The molecule has 0 N–H and O–H groups in total. The molecule has 7 heteroatoms. The van der Waals surface area contributed by atoms with Crippen LogP contribution in [0, 0.1) is 0 Å². The maximum absolute atomic E-state index is 6.07. The largest absolute Gasteiger partial charge is 0.485 e. The Balaban J connectivity index is 2.13. The highest BCUT2D eigenvalue weighted by atomic mass is 35.5. The molecule has 2 atom stereocenters. The predicted octanol–water partition coefficient (Wildman–Crippen LogP) is 4.16. The number of azo groups is 1. The first kappa shape index (κ1) is 14.5. The lowest BCUT2D eigenvalue weighted by molar-refractivity contribution is 0.133. The maximum Gasteiger partial charge on any atom is 0.217 e.